The van der Waals surface area contributed by atoms with Crippen molar-refractivity contribution >= 4 is 11.6 Å². The van der Waals surface area contributed by atoms with Crippen LogP contribution in [0.25, 0.3) is 0 Å². The molecule has 1 aliphatic rings. The summed E-state index contributed by atoms with van der Waals surface area (Å²) in [6.07, 6.45) is 3.34. The molecule has 2 rings (SSSR count). The van der Waals surface area contributed by atoms with Crippen LogP contribution in [-0.2, 0) is 6.42 Å². The van der Waals surface area contributed by atoms with E-state index in [2.05, 4.69) is 42.9 Å². The van der Waals surface area contributed by atoms with Gasteiger partial charge in [0, 0.05) is 31.1 Å². The molecule has 0 radical (unpaired) electrons. The van der Waals surface area contributed by atoms with E-state index in [0.29, 0.717) is 0 Å². The number of hydrogen-bond acceptors (Lipinski definition) is 4. The summed E-state index contributed by atoms with van der Waals surface area (Å²) in [5.74, 6) is 2.98. The maximum absolute atomic E-state index is 4.75. The summed E-state index contributed by atoms with van der Waals surface area (Å²) in [5, 5.41) is 3.18. The zero-order valence-corrected chi connectivity index (χ0v) is 12.2. The Hall–Kier alpha value is -1.32. The predicted octanol–water partition coefficient (Wildman–Crippen LogP) is 2.77. The first kappa shape index (κ1) is 13.1. The topological polar surface area (TPSA) is 41.1 Å². The van der Waals surface area contributed by atoms with Crippen LogP contribution in [0.3, 0.4) is 0 Å². The van der Waals surface area contributed by atoms with Gasteiger partial charge in [0.05, 0.1) is 0 Å². The van der Waals surface area contributed by atoms with Crippen molar-refractivity contribution < 1.29 is 0 Å². The zero-order valence-electron chi connectivity index (χ0n) is 12.2. The maximum atomic E-state index is 4.75. The lowest BCUT2D eigenvalue weighted by Crippen LogP contribution is -2.39. The second kappa shape index (κ2) is 4.75. The Labute approximate surface area is 110 Å². The van der Waals surface area contributed by atoms with Crippen LogP contribution in [0.1, 0.15) is 45.0 Å². The highest BCUT2D eigenvalue weighted by Crippen LogP contribution is 2.35. The molecule has 2 heterocycles. The van der Waals surface area contributed by atoms with Crippen LogP contribution in [0.4, 0.5) is 11.6 Å². The lowest BCUT2D eigenvalue weighted by molar-refractivity contribution is 0.512. The van der Waals surface area contributed by atoms with Crippen LogP contribution < -0.4 is 10.2 Å². The van der Waals surface area contributed by atoms with Crippen LogP contribution >= 0.6 is 0 Å². The first-order valence-electron chi connectivity index (χ1n) is 6.82. The summed E-state index contributed by atoms with van der Waals surface area (Å²) in [6, 6.07) is 0. The molecule has 0 aliphatic carbocycles. The van der Waals surface area contributed by atoms with Gasteiger partial charge in [0.1, 0.15) is 17.5 Å². The van der Waals surface area contributed by atoms with E-state index in [4.69, 9.17) is 4.98 Å². The first-order chi connectivity index (χ1) is 8.49. The number of aryl methyl sites for hydroxylation is 1. The Morgan fingerprint density at radius 3 is 2.56 bits per heavy atom. The standard InChI is InChI=1S/C14H24N4/c1-6-11-16-12(15-5)10(2)13(17-11)18-9-7-8-14(18,3)4/h6-9H2,1-5H3,(H,15,16,17). The highest BCUT2D eigenvalue weighted by molar-refractivity contribution is 5.60. The van der Waals surface area contributed by atoms with Gasteiger partial charge in [-0.15, -0.1) is 0 Å². The Kier molecular flexibility index (Phi) is 3.46. The normalized spacial score (nSPS) is 18.2. The quantitative estimate of drug-likeness (QED) is 0.893. The summed E-state index contributed by atoms with van der Waals surface area (Å²) in [5.41, 5.74) is 1.36. The van der Waals surface area contributed by atoms with Crippen molar-refractivity contribution in [3.05, 3.63) is 11.4 Å². The number of nitrogens with zero attached hydrogens (tertiary/aromatic N) is 3. The van der Waals surface area contributed by atoms with Crippen LogP contribution in [0.5, 0.6) is 0 Å². The van der Waals surface area contributed by atoms with Gasteiger partial charge >= 0.3 is 0 Å². The van der Waals surface area contributed by atoms with Crippen molar-refractivity contribution in [2.45, 2.75) is 52.5 Å². The van der Waals surface area contributed by atoms with Crippen molar-refractivity contribution in [2.24, 2.45) is 0 Å². The van der Waals surface area contributed by atoms with Gasteiger partial charge < -0.3 is 10.2 Å². The molecule has 100 valence electrons. The minimum absolute atomic E-state index is 0.204. The highest BCUT2D eigenvalue weighted by atomic mass is 15.3. The molecule has 0 aromatic carbocycles. The Balaban J connectivity index is 2.49. The molecule has 1 aromatic rings. The van der Waals surface area contributed by atoms with E-state index in [1.54, 1.807) is 0 Å². The fourth-order valence-corrected chi connectivity index (χ4v) is 2.71. The lowest BCUT2D eigenvalue weighted by atomic mass is 10.0. The summed E-state index contributed by atoms with van der Waals surface area (Å²) in [4.78, 5) is 11.7. The number of rotatable bonds is 3. The average Bonchev–Trinajstić information content (AvgIpc) is 2.69. The van der Waals surface area contributed by atoms with Crippen molar-refractivity contribution in [1.29, 1.82) is 0 Å². The average molecular weight is 248 g/mol. The van der Waals surface area contributed by atoms with Crippen molar-refractivity contribution in [1.82, 2.24) is 9.97 Å². The molecule has 4 nitrogen and oxygen atoms in total. The molecule has 1 aliphatic heterocycles. The number of anilines is 2. The smallest absolute Gasteiger partial charge is 0.137 e. The van der Waals surface area contributed by atoms with Crippen LogP contribution in [0, 0.1) is 6.92 Å². The molecule has 1 fully saturated rings. The van der Waals surface area contributed by atoms with Gasteiger partial charge in [0.25, 0.3) is 0 Å². The fraction of sp³-hybridized carbons (Fsp3) is 0.714. The molecule has 0 unspecified atom stereocenters. The SMILES string of the molecule is CCc1nc(NC)c(C)c(N2CCCC2(C)C)n1. The molecule has 0 amide bonds. The third-order valence-electron chi connectivity index (χ3n) is 3.88. The van der Waals surface area contributed by atoms with Crippen LogP contribution in [-0.4, -0.2) is 29.1 Å². The van der Waals surface area contributed by atoms with Gasteiger partial charge in [-0.2, -0.15) is 0 Å². The van der Waals surface area contributed by atoms with Crippen LogP contribution in [0.2, 0.25) is 0 Å². The van der Waals surface area contributed by atoms with Gasteiger partial charge in [-0.3, -0.25) is 0 Å². The second-order valence-electron chi connectivity index (χ2n) is 5.61. The number of hydrogen-bond donors (Lipinski definition) is 1. The largest absolute Gasteiger partial charge is 0.373 e. The van der Waals surface area contributed by atoms with E-state index in [1.165, 1.54) is 12.8 Å². The number of nitrogens with one attached hydrogen (secondary N) is 1. The molecule has 18 heavy (non-hydrogen) atoms. The fourth-order valence-electron chi connectivity index (χ4n) is 2.71. The van der Waals surface area contributed by atoms with E-state index in [0.717, 1.165) is 36.0 Å². The maximum Gasteiger partial charge on any atom is 0.137 e. The highest BCUT2D eigenvalue weighted by Gasteiger charge is 2.34. The minimum atomic E-state index is 0.204. The van der Waals surface area contributed by atoms with Crippen molar-refractivity contribution in [2.75, 3.05) is 23.8 Å². The Morgan fingerprint density at radius 1 is 1.33 bits per heavy atom. The zero-order chi connectivity index (χ0) is 13.3. The lowest BCUT2D eigenvalue weighted by Gasteiger charge is -2.34. The van der Waals surface area contributed by atoms with E-state index in [9.17, 15) is 0 Å². The summed E-state index contributed by atoms with van der Waals surface area (Å²) >= 11 is 0. The molecule has 0 saturated carbocycles. The van der Waals surface area contributed by atoms with E-state index >= 15 is 0 Å². The number of aromatic nitrogens is 2. The molecular formula is C14H24N4. The molecule has 1 N–H and O–H groups in total. The summed E-state index contributed by atoms with van der Waals surface area (Å²) < 4.78 is 0. The minimum Gasteiger partial charge on any atom is -0.373 e. The third-order valence-corrected chi connectivity index (χ3v) is 3.88. The monoisotopic (exact) mass is 248 g/mol. The second-order valence-corrected chi connectivity index (χ2v) is 5.61. The third kappa shape index (κ3) is 2.16. The van der Waals surface area contributed by atoms with Gasteiger partial charge in [-0.05, 0) is 33.6 Å². The van der Waals surface area contributed by atoms with Gasteiger partial charge in [-0.1, -0.05) is 6.92 Å². The van der Waals surface area contributed by atoms with E-state index < -0.39 is 0 Å². The van der Waals surface area contributed by atoms with Crippen LogP contribution in [0.15, 0.2) is 0 Å². The van der Waals surface area contributed by atoms with Gasteiger partial charge in [0.2, 0.25) is 0 Å². The molecule has 0 bridgehead atoms. The Morgan fingerprint density at radius 2 is 2.06 bits per heavy atom. The molecular weight excluding hydrogens is 224 g/mol. The van der Waals surface area contributed by atoms with Gasteiger partial charge in [-0.25, -0.2) is 9.97 Å². The van der Waals surface area contributed by atoms with Gasteiger partial charge in [0.15, 0.2) is 0 Å². The molecule has 4 heteroatoms. The van der Waals surface area contributed by atoms with E-state index in [1.807, 2.05) is 7.05 Å². The first-order valence-corrected chi connectivity index (χ1v) is 6.82. The molecule has 1 saturated heterocycles. The summed E-state index contributed by atoms with van der Waals surface area (Å²) in [7, 11) is 1.92. The molecule has 1 aromatic heterocycles. The van der Waals surface area contributed by atoms with E-state index in [-0.39, 0.29) is 5.54 Å². The molecule has 0 atom stereocenters. The molecule has 0 spiro atoms. The van der Waals surface area contributed by atoms with Crippen molar-refractivity contribution in [3.8, 4) is 0 Å². The summed E-state index contributed by atoms with van der Waals surface area (Å²) in [6.45, 7) is 9.90. The Bertz CT molecular complexity index is 440. The predicted molar refractivity (Wildman–Crippen MR) is 76.4 cm³/mol. The van der Waals surface area contributed by atoms with Crippen molar-refractivity contribution in [3.63, 3.8) is 0 Å².